The zero-order valence-electron chi connectivity index (χ0n) is 27.3. The molecule has 0 radical (unpaired) electrons. The average Bonchev–Trinajstić information content (AvgIpc) is 3.81. The maximum Gasteiger partial charge on any atom is 0.352 e. The van der Waals surface area contributed by atoms with E-state index in [4.69, 9.17) is 22.2 Å². The molecule has 2 atom stereocenters. The van der Waals surface area contributed by atoms with E-state index in [1.807, 2.05) is 63.1 Å². The van der Waals surface area contributed by atoms with Crippen molar-refractivity contribution in [2.45, 2.75) is 43.8 Å². The van der Waals surface area contributed by atoms with E-state index in [1.165, 1.54) is 30.2 Å². The van der Waals surface area contributed by atoms with Gasteiger partial charge in [-0.25, -0.2) is 24.0 Å². The van der Waals surface area contributed by atoms with Gasteiger partial charge in [-0.1, -0.05) is 46.6 Å². The van der Waals surface area contributed by atoms with Gasteiger partial charge in [0.15, 0.2) is 17.0 Å². The van der Waals surface area contributed by atoms with Crippen molar-refractivity contribution >= 4 is 74.9 Å². The Morgan fingerprint density at radius 1 is 1.16 bits per heavy atom. The summed E-state index contributed by atoms with van der Waals surface area (Å²) in [6, 6.07) is 8.46. The first kappa shape index (κ1) is 34.5. The van der Waals surface area contributed by atoms with Gasteiger partial charge in [0, 0.05) is 24.4 Å². The number of aromatic nitrogens is 4. The van der Waals surface area contributed by atoms with Crippen molar-refractivity contribution in [2.75, 3.05) is 31.7 Å². The van der Waals surface area contributed by atoms with Gasteiger partial charge >= 0.3 is 11.6 Å². The minimum atomic E-state index is -1.24. The third-order valence-corrected chi connectivity index (χ3v) is 11.3. The van der Waals surface area contributed by atoms with E-state index in [-0.39, 0.29) is 39.0 Å². The number of carboxylic acid groups (broad SMARTS) is 1. The number of carbonyl (C=O) groups excluding carboxylic acids is 3. The van der Waals surface area contributed by atoms with Crippen LogP contribution >= 0.6 is 34.7 Å². The Morgan fingerprint density at radius 3 is 2.61 bits per heavy atom. The number of piperidine rings is 1. The Bertz CT molecular complexity index is 2080. The van der Waals surface area contributed by atoms with Crippen LogP contribution in [0.2, 0.25) is 4.34 Å². The first-order valence-corrected chi connectivity index (χ1v) is 18.3. The first-order chi connectivity index (χ1) is 24.6. The Hall–Kier alpha value is -4.91. The zero-order chi connectivity index (χ0) is 35.8. The molecule has 3 aliphatic rings. The molecule has 2 fully saturated rings. The fourth-order valence-corrected chi connectivity index (χ4v) is 8.70. The number of benzene rings is 1. The van der Waals surface area contributed by atoms with Gasteiger partial charge in [0.05, 0.1) is 18.8 Å². The number of oxime groups is 1. The van der Waals surface area contributed by atoms with Gasteiger partial charge in [-0.05, 0) is 36.1 Å². The summed E-state index contributed by atoms with van der Waals surface area (Å²) in [5.74, 6) is -2.37. The molecular weight excluding hydrogens is 720 g/mol. The molecule has 7 rings (SSSR count). The quantitative estimate of drug-likeness (QED) is 0.0759. The molecule has 1 aromatic carbocycles. The van der Waals surface area contributed by atoms with Crippen molar-refractivity contribution in [3.05, 3.63) is 81.3 Å². The van der Waals surface area contributed by atoms with Crippen LogP contribution in [0.1, 0.15) is 40.9 Å². The van der Waals surface area contributed by atoms with E-state index in [9.17, 15) is 24.3 Å². The topological polar surface area (TPSA) is 193 Å². The smallest absolute Gasteiger partial charge is 0.352 e. The largest absolute Gasteiger partial charge is 0.477 e. The number of hydrogen-bond donors (Lipinski definition) is 4. The van der Waals surface area contributed by atoms with Crippen molar-refractivity contribution in [2.24, 2.45) is 5.16 Å². The number of nitrogen functional groups attached to an aromatic ring is 1. The molecule has 0 bridgehead atoms. The van der Waals surface area contributed by atoms with Gasteiger partial charge in [0.25, 0.3) is 17.7 Å². The molecule has 3 amide bonds. The molecule has 51 heavy (non-hydrogen) atoms. The van der Waals surface area contributed by atoms with Crippen LogP contribution in [0.3, 0.4) is 0 Å². The number of carbonyl (C=O) groups is 4. The van der Waals surface area contributed by atoms with E-state index < -0.39 is 29.2 Å². The second-order valence-corrected chi connectivity index (χ2v) is 14.9. The molecule has 0 spiro atoms. The number of β-lactam (4-membered cyclic amide) rings is 1. The first-order valence-electron chi connectivity index (χ1n) is 16.1. The molecule has 4 aromatic rings. The number of thiazole rings is 1. The summed E-state index contributed by atoms with van der Waals surface area (Å²) in [5, 5.41) is 18.1. The molecule has 2 saturated heterocycles. The minimum Gasteiger partial charge on any atom is -0.477 e. The summed E-state index contributed by atoms with van der Waals surface area (Å²) in [6.07, 6.45) is 9.03. The molecule has 5 N–H and O–H groups in total. The molecule has 266 valence electrons. The number of thioether (sulfide) groups is 1. The molecule has 0 unspecified atom stereocenters. The lowest BCUT2D eigenvalue weighted by atomic mass is 10.0. The average molecular weight is 754 g/mol. The Labute approximate surface area is 304 Å². The number of imidazole rings is 1. The van der Waals surface area contributed by atoms with Gasteiger partial charge in [0.2, 0.25) is 0 Å². The highest BCUT2D eigenvalue weighted by atomic mass is 35.5. The molecule has 0 aliphatic carbocycles. The number of fused-ring (bicyclic) bond motifs is 2. The third kappa shape index (κ3) is 6.78. The van der Waals surface area contributed by atoms with Crippen LogP contribution in [-0.4, -0.2) is 96.0 Å². The number of aliphatic carboxylic acids is 1. The fraction of sp³-hybridized carbons (Fsp3) is 0.344. The van der Waals surface area contributed by atoms with Crippen LogP contribution in [0.5, 0.6) is 0 Å². The lowest BCUT2D eigenvalue weighted by Gasteiger charge is -2.49. The Balaban J connectivity index is 1.03. The van der Waals surface area contributed by atoms with Crippen LogP contribution in [0, 0.1) is 0 Å². The summed E-state index contributed by atoms with van der Waals surface area (Å²) in [5.41, 5.74) is 11.4. The van der Waals surface area contributed by atoms with Crippen LogP contribution in [0.4, 0.5) is 5.13 Å². The number of amides is 3. The van der Waals surface area contributed by atoms with Crippen LogP contribution < -0.4 is 21.0 Å². The van der Waals surface area contributed by atoms with Crippen molar-refractivity contribution < 1.29 is 33.7 Å². The number of carboxylic acids is 1. The summed E-state index contributed by atoms with van der Waals surface area (Å²) >= 11 is 8.48. The lowest BCUT2D eigenvalue weighted by Crippen LogP contribution is -2.71. The summed E-state index contributed by atoms with van der Waals surface area (Å²) in [4.78, 5) is 61.8. The van der Waals surface area contributed by atoms with E-state index in [2.05, 4.69) is 25.4 Å². The molecular formula is C32H34ClN10O6S2+. The molecule has 3 aliphatic heterocycles. The predicted octanol–water partition coefficient (Wildman–Crippen LogP) is 1.69. The number of nitrogens with one attached hydrogen (secondary N) is 2. The van der Waals surface area contributed by atoms with Crippen molar-refractivity contribution in [3.63, 3.8) is 0 Å². The number of hydrogen-bond acceptors (Lipinski definition) is 11. The third-order valence-electron chi connectivity index (χ3n) is 8.89. The zero-order valence-corrected chi connectivity index (χ0v) is 29.7. The Kier molecular flexibility index (Phi) is 9.73. The van der Waals surface area contributed by atoms with E-state index in [1.54, 1.807) is 0 Å². The van der Waals surface area contributed by atoms with Gasteiger partial charge in [-0.15, -0.1) is 16.3 Å². The maximum absolute atomic E-state index is 13.3. The van der Waals surface area contributed by atoms with Crippen molar-refractivity contribution in [3.8, 4) is 0 Å². The van der Waals surface area contributed by atoms with Gasteiger partial charge < -0.3 is 21.0 Å². The maximum atomic E-state index is 13.3. The normalized spacial score (nSPS) is 19.5. The second kappa shape index (κ2) is 14.4. The highest BCUT2D eigenvalue weighted by Crippen LogP contribution is 2.41. The molecule has 3 aromatic heterocycles. The number of anilines is 1. The van der Waals surface area contributed by atoms with Gasteiger partial charge in [-0.3, -0.25) is 24.7 Å². The lowest BCUT2D eigenvalue weighted by molar-refractivity contribution is -0.661. The van der Waals surface area contributed by atoms with Gasteiger partial charge in [0.1, 0.15) is 47.0 Å². The highest BCUT2D eigenvalue weighted by Gasteiger charge is 2.54. The van der Waals surface area contributed by atoms with E-state index in [0.717, 1.165) is 48.5 Å². The summed E-state index contributed by atoms with van der Waals surface area (Å²) in [7, 11) is 1.25. The van der Waals surface area contributed by atoms with Crippen LogP contribution in [-0.2, 0) is 32.3 Å². The minimum absolute atomic E-state index is 0.0155. The predicted molar refractivity (Wildman–Crippen MR) is 189 cm³/mol. The molecule has 16 nitrogen and oxygen atoms in total. The monoisotopic (exact) mass is 753 g/mol. The number of nitrogens with two attached hydrogens (primary N) is 1. The highest BCUT2D eigenvalue weighted by molar-refractivity contribution is 8.00. The SMILES string of the molecule is CO/N=C(\C(=O)N[C@@H]1C(=O)N2C(C(=O)O)=C(Cn3ccc4n3cc[n+]4Cc3ccc(C(=O)NN4CCCCC4)cc3)CS[C@H]12)c1nc(N)sc1Cl. The summed E-state index contributed by atoms with van der Waals surface area (Å²) in [6.45, 7) is 2.51. The van der Waals surface area contributed by atoms with E-state index >= 15 is 0 Å². The Morgan fingerprint density at radius 2 is 1.92 bits per heavy atom. The molecule has 0 saturated carbocycles. The number of hydrazine groups is 1. The van der Waals surface area contributed by atoms with Gasteiger partial charge in [-0.2, -0.15) is 0 Å². The van der Waals surface area contributed by atoms with Crippen LogP contribution in [0.15, 0.2) is 65.3 Å². The molecule has 19 heteroatoms. The van der Waals surface area contributed by atoms with Crippen molar-refractivity contribution in [1.29, 1.82) is 0 Å². The number of halogens is 1. The summed E-state index contributed by atoms with van der Waals surface area (Å²) < 4.78 is 5.97. The standard InChI is InChI=1S/C32H33ClN10O6S2/c1-49-38-23(22-26(33)51-32(34)36-22)28(45)35-24-29(46)43-25(31(47)48)20(17-50-30(24)43)16-41-12-9-21-39(13-14-42(21)41)15-18-5-7-19(8-6-18)27(44)37-40-10-3-2-4-11-40/h5-9,12-14,24,30H,2-4,10-11,15-17H2,1H3,(H4-,34,35,36,37,44,45,47,48)/p+1/b38-23-/t24-,30-/m1/s1. The fourth-order valence-electron chi connectivity index (χ4n) is 6.43. The number of nitrogens with zero attached hydrogens (tertiary/aromatic N) is 7. The second-order valence-electron chi connectivity index (χ2n) is 12.1. The van der Waals surface area contributed by atoms with Crippen molar-refractivity contribution in [1.82, 2.24) is 34.8 Å². The number of rotatable bonds is 11. The molecule has 6 heterocycles. The van der Waals surface area contributed by atoms with Crippen LogP contribution in [0.25, 0.3) is 5.65 Å². The van der Waals surface area contributed by atoms with E-state index in [0.29, 0.717) is 23.4 Å².